The van der Waals surface area contributed by atoms with E-state index in [0.29, 0.717) is 40.5 Å². The molecule has 0 saturated heterocycles. The minimum atomic E-state index is -0.184. The number of carbonyl (C=O) groups is 1. The fourth-order valence-corrected chi connectivity index (χ4v) is 3.66. The Hall–Kier alpha value is -0.880. The van der Waals surface area contributed by atoms with Crippen molar-refractivity contribution in [2.24, 2.45) is 5.92 Å². The van der Waals surface area contributed by atoms with Crippen LogP contribution in [0.25, 0.3) is 0 Å². The number of ether oxygens (including phenoxy) is 1. The van der Waals surface area contributed by atoms with Gasteiger partial charge in [0, 0.05) is 18.7 Å². The number of nitrogens with two attached hydrogens (primary N) is 1. The summed E-state index contributed by atoms with van der Waals surface area (Å²) in [7, 11) is 5.67. The zero-order chi connectivity index (χ0) is 17.7. The van der Waals surface area contributed by atoms with E-state index in [9.17, 15) is 4.79 Å². The molecule has 1 aliphatic carbocycles. The average Bonchev–Trinajstić information content (AvgIpc) is 2.57. The number of benzene rings is 1. The lowest BCUT2D eigenvalue weighted by Gasteiger charge is -2.35. The van der Waals surface area contributed by atoms with Crippen molar-refractivity contribution < 1.29 is 9.53 Å². The van der Waals surface area contributed by atoms with Gasteiger partial charge in [0.25, 0.3) is 5.91 Å². The Balaban J connectivity index is 0.00000312. The van der Waals surface area contributed by atoms with Gasteiger partial charge in [-0.1, -0.05) is 30.9 Å². The molecule has 0 aromatic heterocycles. The largest absolute Gasteiger partial charge is 0.496 e. The summed E-state index contributed by atoms with van der Waals surface area (Å²) in [5, 5.41) is 3.40. The second kappa shape index (κ2) is 11.8. The number of nitrogens with one attached hydrogen (secondary N) is 1. The SMILES string of the molecule is COc1cc(N)c(Cl)cc1C(=O)NCC(C1CCCCC1)N(C)C.Cl.Cl. The lowest BCUT2D eigenvalue weighted by molar-refractivity contribution is 0.0919. The van der Waals surface area contributed by atoms with Crippen LogP contribution in [0.3, 0.4) is 0 Å². The van der Waals surface area contributed by atoms with E-state index in [2.05, 4.69) is 24.3 Å². The van der Waals surface area contributed by atoms with Gasteiger partial charge < -0.3 is 20.7 Å². The van der Waals surface area contributed by atoms with E-state index in [4.69, 9.17) is 22.1 Å². The van der Waals surface area contributed by atoms with E-state index in [1.807, 2.05) is 0 Å². The lowest BCUT2D eigenvalue weighted by Crippen LogP contribution is -2.45. The molecule has 1 amide bonds. The van der Waals surface area contributed by atoms with Gasteiger partial charge in [0.2, 0.25) is 0 Å². The normalized spacial score (nSPS) is 15.6. The number of methoxy groups -OCH3 is 1. The first-order valence-corrected chi connectivity index (χ1v) is 8.89. The second-order valence-electron chi connectivity index (χ2n) is 6.71. The number of rotatable bonds is 6. The van der Waals surface area contributed by atoms with E-state index in [1.165, 1.54) is 39.2 Å². The van der Waals surface area contributed by atoms with Crippen LogP contribution in [0.4, 0.5) is 5.69 Å². The number of nitrogens with zero attached hydrogens (tertiary/aromatic N) is 1. The predicted octanol–water partition coefficient (Wildman–Crippen LogP) is 4.01. The van der Waals surface area contributed by atoms with Gasteiger partial charge in [-0.2, -0.15) is 0 Å². The number of halogens is 3. The van der Waals surface area contributed by atoms with Crippen molar-refractivity contribution in [2.45, 2.75) is 38.1 Å². The van der Waals surface area contributed by atoms with E-state index in [0.717, 1.165) is 0 Å². The van der Waals surface area contributed by atoms with Gasteiger partial charge in [-0.05, 0) is 38.9 Å². The van der Waals surface area contributed by atoms with Crippen molar-refractivity contribution in [3.05, 3.63) is 22.7 Å². The average molecular weight is 427 g/mol. The highest BCUT2D eigenvalue weighted by atomic mass is 35.5. The summed E-state index contributed by atoms with van der Waals surface area (Å²) in [4.78, 5) is 14.8. The molecular formula is C18H30Cl3N3O2. The summed E-state index contributed by atoms with van der Waals surface area (Å²) in [6.07, 6.45) is 6.35. The van der Waals surface area contributed by atoms with Crippen molar-refractivity contribution in [1.29, 1.82) is 0 Å². The van der Waals surface area contributed by atoms with Crippen LogP contribution in [-0.2, 0) is 0 Å². The smallest absolute Gasteiger partial charge is 0.255 e. The van der Waals surface area contributed by atoms with Crippen molar-refractivity contribution >= 4 is 48.0 Å². The third-order valence-electron chi connectivity index (χ3n) is 4.89. The van der Waals surface area contributed by atoms with Crippen LogP contribution >= 0.6 is 36.4 Å². The molecule has 1 fully saturated rings. The maximum absolute atomic E-state index is 12.6. The fraction of sp³-hybridized carbons (Fsp3) is 0.611. The highest BCUT2D eigenvalue weighted by Crippen LogP contribution is 2.30. The number of hydrogen-bond acceptors (Lipinski definition) is 4. The molecule has 26 heavy (non-hydrogen) atoms. The second-order valence-corrected chi connectivity index (χ2v) is 7.12. The van der Waals surface area contributed by atoms with Crippen LogP contribution in [0.15, 0.2) is 12.1 Å². The van der Waals surface area contributed by atoms with Crippen molar-refractivity contribution in [3.63, 3.8) is 0 Å². The van der Waals surface area contributed by atoms with Gasteiger partial charge in [0.15, 0.2) is 0 Å². The first kappa shape index (κ1) is 25.1. The van der Waals surface area contributed by atoms with Gasteiger partial charge in [-0.25, -0.2) is 0 Å². The predicted molar refractivity (Wildman–Crippen MR) is 113 cm³/mol. The molecule has 1 saturated carbocycles. The Kier molecular flexibility index (Phi) is 11.4. The monoisotopic (exact) mass is 425 g/mol. The molecular weight excluding hydrogens is 397 g/mol. The van der Waals surface area contributed by atoms with Gasteiger partial charge in [0.1, 0.15) is 5.75 Å². The Labute approximate surface area is 173 Å². The zero-order valence-electron chi connectivity index (χ0n) is 15.6. The van der Waals surface area contributed by atoms with Crippen LogP contribution in [0.5, 0.6) is 5.75 Å². The molecule has 1 aromatic rings. The summed E-state index contributed by atoms with van der Waals surface area (Å²) in [5.41, 5.74) is 6.59. The Morgan fingerprint density at radius 3 is 2.46 bits per heavy atom. The van der Waals surface area contributed by atoms with Gasteiger partial charge in [0.05, 0.1) is 23.4 Å². The quantitative estimate of drug-likeness (QED) is 0.674. The third kappa shape index (κ3) is 6.38. The molecule has 8 heteroatoms. The van der Waals surface area contributed by atoms with Crippen LogP contribution < -0.4 is 15.8 Å². The molecule has 5 nitrogen and oxygen atoms in total. The minimum Gasteiger partial charge on any atom is -0.496 e. The number of anilines is 1. The van der Waals surface area contributed by atoms with E-state index in [-0.39, 0.29) is 30.7 Å². The van der Waals surface area contributed by atoms with Crippen molar-refractivity contribution in [3.8, 4) is 5.75 Å². The minimum absolute atomic E-state index is 0. The lowest BCUT2D eigenvalue weighted by atomic mass is 9.83. The summed E-state index contributed by atoms with van der Waals surface area (Å²) < 4.78 is 5.26. The molecule has 0 spiro atoms. The van der Waals surface area contributed by atoms with E-state index >= 15 is 0 Å². The molecule has 0 heterocycles. The maximum atomic E-state index is 12.6. The molecule has 1 unspecified atom stereocenters. The number of hydrogen-bond donors (Lipinski definition) is 2. The first-order chi connectivity index (χ1) is 11.4. The zero-order valence-corrected chi connectivity index (χ0v) is 18.0. The van der Waals surface area contributed by atoms with Gasteiger partial charge in [-0.3, -0.25) is 4.79 Å². The van der Waals surface area contributed by atoms with Crippen LogP contribution in [-0.4, -0.2) is 44.6 Å². The highest BCUT2D eigenvalue weighted by molar-refractivity contribution is 6.33. The molecule has 1 aliphatic rings. The summed E-state index contributed by atoms with van der Waals surface area (Å²) in [6.45, 7) is 0.613. The standard InChI is InChI=1S/C18H28ClN3O2.2ClH/c1-22(2)16(12-7-5-4-6-8-12)11-21-18(23)13-9-14(19)15(20)10-17(13)24-3;;/h9-10,12,16H,4-8,11,20H2,1-3H3,(H,21,23);2*1H. The molecule has 1 aromatic carbocycles. The third-order valence-corrected chi connectivity index (χ3v) is 5.22. The summed E-state index contributed by atoms with van der Waals surface area (Å²) in [5.74, 6) is 0.885. The molecule has 0 bridgehead atoms. The maximum Gasteiger partial charge on any atom is 0.255 e. The molecule has 0 radical (unpaired) electrons. The van der Waals surface area contributed by atoms with Crippen molar-refractivity contribution in [1.82, 2.24) is 10.2 Å². The van der Waals surface area contributed by atoms with Gasteiger partial charge >= 0.3 is 0 Å². The number of likely N-dealkylation sites (N-methyl/N-ethyl adjacent to an activating group) is 1. The van der Waals surface area contributed by atoms with Crippen LogP contribution in [0.1, 0.15) is 42.5 Å². The Morgan fingerprint density at radius 2 is 1.92 bits per heavy atom. The fourth-order valence-electron chi connectivity index (χ4n) is 3.50. The van der Waals surface area contributed by atoms with Crippen LogP contribution in [0, 0.1) is 5.92 Å². The van der Waals surface area contributed by atoms with E-state index < -0.39 is 0 Å². The topological polar surface area (TPSA) is 67.6 Å². The highest BCUT2D eigenvalue weighted by Gasteiger charge is 2.26. The Morgan fingerprint density at radius 1 is 1.31 bits per heavy atom. The summed E-state index contributed by atoms with van der Waals surface area (Å²) >= 11 is 6.05. The van der Waals surface area contributed by atoms with E-state index in [1.54, 1.807) is 12.1 Å². The number of amides is 1. The molecule has 3 N–H and O–H groups in total. The molecule has 0 aliphatic heterocycles. The number of carbonyl (C=O) groups excluding carboxylic acids is 1. The summed E-state index contributed by atoms with van der Waals surface area (Å²) in [6, 6.07) is 3.49. The van der Waals surface area contributed by atoms with Crippen molar-refractivity contribution in [2.75, 3.05) is 33.5 Å². The molecule has 1 atom stereocenters. The Bertz CT molecular complexity index is 579. The first-order valence-electron chi connectivity index (χ1n) is 8.51. The van der Waals surface area contributed by atoms with Crippen LogP contribution in [0.2, 0.25) is 5.02 Å². The molecule has 2 rings (SSSR count). The molecule has 150 valence electrons. The van der Waals surface area contributed by atoms with Gasteiger partial charge in [-0.15, -0.1) is 24.8 Å². The number of nitrogen functional groups attached to an aromatic ring is 1.